The van der Waals surface area contributed by atoms with Gasteiger partial charge in [0.05, 0.1) is 18.7 Å². The lowest BCUT2D eigenvalue weighted by Gasteiger charge is -2.30. The number of ether oxygens (including phenoxy) is 2. The summed E-state index contributed by atoms with van der Waals surface area (Å²) in [6.45, 7) is 8.39. The molecule has 0 bridgehead atoms. The standard InChI is InChI=1S/C30H35N5O5/c1-5-39-27(40-6-2)19-35-24-10-8-7-9-23(24)30(28(35)37,17-26(36)33-25-16-13-21(4)18-31-25)34-29(38)32-22-14-11-20(3)12-15-22/h7-16,18,27H,5-6,17,19H2,1-4H3,(H,31,33,36)(H2,32,34,38). The van der Waals surface area contributed by atoms with Gasteiger partial charge in [-0.2, -0.15) is 0 Å². The van der Waals surface area contributed by atoms with Crippen LogP contribution in [0.1, 0.15) is 37.0 Å². The highest BCUT2D eigenvalue weighted by atomic mass is 16.7. The first-order valence-electron chi connectivity index (χ1n) is 13.3. The average Bonchev–Trinajstić information content (AvgIpc) is 3.14. The number of carbonyl (C=O) groups excluding carboxylic acids is 3. The van der Waals surface area contributed by atoms with Crippen LogP contribution in [0.5, 0.6) is 0 Å². The van der Waals surface area contributed by atoms with E-state index < -0.39 is 29.7 Å². The molecule has 0 saturated carbocycles. The van der Waals surface area contributed by atoms with Gasteiger partial charge in [-0.3, -0.25) is 9.59 Å². The average molecular weight is 546 g/mol. The predicted molar refractivity (Wildman–Crippen MR) is 153 cm³/mol. The van der Waals surface area contributed by atoms with Crippen molar-refractivity contribution >= 4 is 35.0 Å². The molecule has 1 aliphatic heterocycles. The van der Waals surface area contributed by atoms with E-state index in [-0.39, 0.29) is 13.0 Å². The Balaban J connectivity index is 1.69. The minimum atomic E-state index is -1.69. The van der Waals surface area contributed by atoms with Gasteiger partial charge < -0.3 is 30.3 Å². The summed E-state index contributed by atoms with van der Waals surface area (Å²) in [6, 6.07) is 17.2. The molecule has 1 unspecified atom stereocenters. The zero-order valence-electron chi connectivity index (χ0n) is 23.2. The molecule has 1 aromatic heterocycles. The number of para-hydroxylation sites is 1. The largest absolute Gasteiger partial charge is 0.351 e. The smallest absolute Gasteiger partial charge is 0.320 e. The Morgan fingerprint density at radius 3 is 2.25 bits per heavy atom. The van der Waals surface area contributed by atoms with Crippen molar-refractivity contribution in [3.05, 3.63) is 83.6 Å². The molecule has 10 nitrogen and oxygen atoms in total. The molecule has 0 fully saturated rings. The predicted octanol–water partition coefficient (Wildman–Crippen LogP) is 4.49. The third kappa shape index (κ3) is 6.47. The molecular formula is C30H35N5O5. The van der Waals surface area contributed by atoms with Crippen LogP contribution in [0, 0.1) is 13.8 Å². The minimum Gasteiger partial charge on any atom is -0.351 e. The van der Waals surface area contributed by atoms with E-state index in [4.69, 9.17) is 9.47 Å². The lowest BCUT2D eigenvalue weighted by molar-refractivity contribution is -0.138. The summed E-state index contributed by atoms with van der Waals surface area (Å²) in [7, 11) is 0. The normalized spacial score (nSPS) is 16.1. The van der Waals surface area contributed by atoms with Crippen molar-refractivity contribution in [2.45, 2.75) is 45.9 Å². The number of pyridine rings is 1. The van der Waals surface area contributed by atoms with Crippen molar-refractivity contribution in [1.82, 2.24) is 10.3 Å². The highest BCUT2D eigenvalue weighted by Crippen LogP contribution is 2.43. The number of urea groups is 1. The van der Waals surface area contributed by atoms with E-state index in [0.29, 0.717) is 36.0 Å². The van der Waals surface area contributed by atoms with Crippen molar-refractivity contribution in [3.63, 3.8) is 0 Å². The topological polar surface area (TPSA) is 122 Å². The van der Waals surface area contributed by atoms with Gasteiger partial charge in [-0.1, -0.05) is 42.0 Å². The van der Waals surface area contributed by atoms with Crippen molar-refractivity contribution in [2.24, 2.45) is 0 Å². The fourth-order valence-corrected chi connectivity index (χ4v) is 4.68. The first-order chi connectivity index (χ1) is 19.3. The molecule has 2 aromatic carbocycles. The zero-order valence-corrected chi connectivity index (χ0v) is 23.2. The van der Waals surface area contributed by atoms with Gasteiger partial charge in [0.1, 0.15) is 5.82 Å². The Morgan fingerprint density at radius 1 is 0.925 bits per heavy atom. The summed E-state index contributed by atoms with van der Waals surface area (Å²) in [5.41, 5.74) is 1.90. The van der Waals surface area contributed by atoms with E-state index in [1.807, 2.05) is 45.9 Å². The first kappa shape index (κ1) is 28.7. The fraction of sp³-hybridized carbons (Fsp3) is 0.333. The molecule has 0 saturated heterocycles. The number of nitrogens with zero attached hydrogens (tertiary/aromatic N) is 2. The Morgan fingerprint density at radius 2 is 1.60 bits per heavy atom. The molecule has 0 radical (unpaired) electrons. The molecular weight excluding hydrogens is 510 g/mol. The van der Waals surface area contributed by atoms with E-state index in [2.05, 4.69) is 20.9 Å². The van der Waals surface area contributed by atoms with Crippen LogP contribution in [0.15, 0.2) is 66.9 Å². The van der Waals surface area contributed by atoms with Gasteiger partial charge in [-0.05, 0) is 57.5 Å². The van der Waals surface area contributed by atoms with E-state index >= 15 is 0 Å². The maximum Gasteiger partial charge on any atom is 0.320 e. The highest BCUT2D eigenvalue weighted by Gasteiger charge is 2.53. The summed E-state index contributed by atoms with van der Waals surface area (Å²) < 4.78 is 11.4. The Kier molecular flexibility index (Phi) is 9.13. The Hall–Kier alpha value is -4.28. The van der Waals surface area contributed by atoms with Gasteiger partial charge in [-0.15, -0.1) is 0 Å². The van der Waals surface area contributed by atoms with Gasteiger partial charge in [0.2, 0.25) is 5.91 Å². The SMILES string of the molecule is CCOC(CN1C(=O)C(CC(=O)Nc2ccc(C)cn2)(NC(=O)Nc2ccc(C)cc2)c2ccccc21)OCC. The van der Waals surface area contributed by atoms with E-state index in [1.54, 1.807) is 48.7 Å². The number of hydrogen-bond acceptors (Lipinski definition) is 6. The third-order valence-electron chi connectivity index (χ3n) is 6.54. The van der Waals surface area contributed by atoms with Crippen LogP contribution in [0.3, 0.4) is 0 Å². The van der Waals surface area contributed by atoms with Crippen LogP contribution in [0.4, 0.5) is 22.0 Å². The van der Waals surface area contributed by atoms with Crippen molar-refractivity contribution < 1.29 is 23.9 Å². The lowest BCUT2D eigenvalue weighted by atomic mass is 9.87. The number of fused-ring (bicyclic) bond motifs is 1. The molecule has 40 heavy (non-hydrogen) atoms. The van der Waals surface area contributed by atoms with Crippen LogP contribution < -0.4 is 20.9 Å². The molecule has 10 heteroatoms. The van der Waals surface area contributed by atoms with Gasteiger partial charge in [0.15, 0.2) is 11.8 Å². The number of aryl methyl sites for hydroxylation is 2. The molecule has 2 heterocycles. The van der Waals surface area contributed by atoms with Crippen LogP contribution in [-0.4, -0.2) is 48.9 Å². The van der Waals surface area contributed by atoms with E-state index in [0.717, 1.165) is 11.1 Å². The maximum absolute atomic E-state index is 14.3. The van der Waals surface area contributed by atoms with Crippen LogP contribution in [0.2, 0.25) is 0 Å². The number of benzene rings is 2. The minimum absolute atomic E-state index is 0.0850. The third-order valence-corrected chi connectivity index (χ3v) is 6.54. The molecule has 4 amide bonds. The summed E-state index contributed by atoms with van der Waals surface area (Å²) in [4.78, 5) is 46.7. The van der Waals surface area contributed by atoms with E-state index in [1.165, 1.54) is 4.90 Å². The second-order valence-corrected chi connectivity index (χ2v) is 9.57. The Bertz CT molecular complexity index is 1280. The Labute approximate surface area is 234 Å². The molecule has 0 aliphatic carbocycles. The number of anilines is 3. The summed E-state index contributed by atoms with van der Waals surface area (Å²) in [5.74, 6) is -0.606. The van der Waals surface area contributed by atoms with Crippen LogP contribution in [-0.2, 0) is 24.6 Å². The highest BCUT2D eigenvalue weighted by molar-refractivity contribution is 6.12. The second kappa shape index (κ2) is 12.7. The fourth-order valence-electron chi connectivity index (χ4n) is 4.68. The molecule has 4 rings (SSSR count). The van der Waals surface area contributed by atoms with Gasteiger partial charge in [0, 0.05) is 30.7 Å². The van der Waals surface area contributed by atoms with Gasteiger partial charge in [-0.25, -0.2) is 9.78 Å². The zero-order chi connectivity index (χ0) is 28.7. The van der Waals surface area contributed by atoms with Crippen molar-refractivity contribution in [3.8, 4) is 0 Å². The first-order valence-corrected chi connectivity index (χ1v) is 13.3. The molecule has 3 N–H and O–H groups in total. The number of hydrogen-bond donors (Lipinski definition) is 3. The van der Waals surface area contributed by atoms with E-state index in [9.17, 15) is 14.4 Å². The number of rotatable bonds is 11. The monoisotopic (exact) mass is 545 g/mol. The molecule has 0 spiro atoms. The number of carbonyl (C=O) groups is 3. The van der Waals surface area contributed by atoms with Crippen molar-refractivity contribution in [2.75, 3.05) is 35.3 Å². The maximum atomic E-state index is 14.3. The van der Waals surface area contributed by atoms with Crippen LogP contribution in [0.25, 0.3) is 0 Å². The van der Waals surface area contributed by atoms with Crippen LogP contribution >= 0.6 is 0 Å². The molecule has 3 aromatic rings. The van der Waals surface area contributed by atoms with Gasteiger partial charge in [0.25, 0.3) is 5.91 Å². The number of nitrogens with one attached hydrogen (secondary N) is 3. The summed E-state index contributed by atoms with van der Waals surface area (Å²) in [5, 5.41) is 8.39. The quantitative estimate of drug-likeness (QED) is 0.305. The molecule has 1 atom stereocenters. The second-order valence-electron chi connectivity index (χ2n) is 9.57. The number of amides is 4. The number of aromatic nitrogens is 1. The molecule has 210 valence electrons. The molecule has 1 aliphatic rings. The summed E-state index contributed by atoms with van der Waals surface area (Å²) in [6.07, 6.45) is 0.595. The van der Waals surface area contributed by atoms with Crippen molar-refractivity contribution in [1.29, 1.82) is 0 Å². The lowest BCUT2D eigenvalue weighted by Crippen LogP contribution is -2.56. The van der Waals surface area contributed by atoms with Gasteiger partial charge >= 0.3 is 6.03 Å². The summed E-state index contributed by atoms with van der Waals surface area (Å²) >= 11 is 0.